The van der Waals surface area contributed by atoms with Gasteiger partial charge in [0, 0.05) is 5.33 Å². The van der Waals surface area contributed by atoms with Gasteiger partial charge in [0.05, 0.1) is 6.54 Å². The monoisotopic (exact) mass is 233 g/mol. The highest BCUT2D eigenvalue weighted by molar-refractivity contribution is 9.09. The van der Waals surface area contributed by atoms with Gasteiger partial charge in [0.25, 0.3) is 0 Å². The van der Waals surface area contributed by atoms with Gasteiger partial charge >= 0.3 is 6.18 Å². The molecule has 11 heavy (non-hydrogen) atoms. The average molecular weight is 234 g/mol. The molecule has 0 unspecified atom stereocenters. The van der Waals surface area contributed by atoms with E-state index in [1.807, 2.05) is 0 Å². The van der Waals surface area contributed by atoms with Crippen LogP contribution < -0.4 is 0 Å². The molecule has 0 fully saturated rings. The molecule has 0 aromatic carbocycles. The van der Waals surface area contributed by atoms with Crippen LogP contribution in [0.4, 0.5) is 13.2 Å². The molecule has 0 heterocycles. The Hall–Kier alpha value is 0.230. The molecule has 0 bridgehead atoms. The molecule has 1 nitrogen and oxygen atoms in total. The van der Waals surface area contributed by atoms with Gasteiger partial charge in [0.15, 0.2) is 0 Å². The summed E-state index contributed by atoms with van der Waals surface area (Å²) in [5.41, 5.74) is 0. The lowest BCUT2D eigenvalue weighted by molar-refractivity contribution is -0.142. The number of rotatable bonds is 4. The van der Waals surface area contributed by atoms with Crippen LogP contribution in [0.15, 0.2) is 0 Å². The van der Waals surface area contributed by atoms with Gasteiger partial charge in [-0.15, -0.1) is 0 Å². The minimum atomic E-state index is -4.07. The zero-order valence-electron chi connectivity index (χ0n) is 6.29. The van der Waals surface area contributed by atoms with Crippen LogP contribution in [-0.2, 0) is 0 Å². The van der Waals surface area contributed by atoms with Crippen LogP contribution >= 0.6 is 15.9 Å². The van der Waals surface area contributed by atoms with Crippen molar-refractivity contribution in [1.82, 2.24) is 4.90 Å². The molecule has 0 amide bonds. The van der Waals surface area contributed by atoms with E-state index in [1.165, 1.54) is 11.9 Å². The summed E-state index contributed by atoms with van der Waals surface area (Å²) >= 11 is 3.15. The van der Waals surface area contributed by atoms with Gasteiger partial charge in [-0.1, -0.05) is 15.9 Å². The first-order valence-corrected chi connectivity index (χ1v) is 4.39. The van der Waals surface area contributed by atoms with Crippen molar-refractivity contribution in [2.24, 2.45) is 0 Å². The summed E-state index contributed by atoms with van der Waals surface area (Å²) in [7, 11) is 1.47. The van der Waals surface area contributed by atoms with Crippen LogP contribution in [0.5, 0.6) is 0 Å². The van der Waals surface area contributed by atoms with Crippen molar-refractivity contribution in [3.8, 4) is 0 Å². The predicted octanol–water partition coefficient (Wildman–Crippen LogP) is 2.27. The van der Waals surface area contributed by atoms with Crippen LogP contribution in [0.1, 0.15) is 6.42 Å². The van der Waals surface area contributed by atoms with Crippen molar-refractivity contribution < 1.29 is 13.2 Å². The van der Waals surface area contributed by atoms with Crippen LogP contribution in [0.25, 0.3) is 0 Å². The topological polar surface area (TPSA) is 3.24 Å². The van der Waals surface area contributed by atoms with E-state index in [1.54, 1.807) is 0 Å². The third-order valence-electron chi connectivity index (χ3n) is 1.12. The standard InChI is InChI=1S/C6H11BrF3N/c1-11(4-2-3-7)5-6(8,9)10/h2-5H2,1H3. The second-order valence-electron chi connectivity index (χ2n) is 2.40. The van der Waals surface area contributed by atoms with Crippen molar-refractivity contribution in [3.63, 3.8) is 0 Å². The van der Waals surface area contributed by atoms with Gasteiger partial charge in [-0.05, 0) is 20.0 Å². The summed E-state index contributed by atoms with van der Waals surface area (Å²) < 4.78 is 35.0. The second kappa shape index (κ2) is 4.98. The summed E-state index contributed by atoms with van der Waals surface area (Å²) in [6.45, 7) is -0.343. The second-order valence-corrected chi connectivity index (χ2v) is 3.19. The Morgan fingerprint density at radius 2 is 1.91 bits per heavy atom. The van der Waals surface area contributed by atoms with Gasteiger partial charge in [0.2, 0.25) is 0 Å². The highest BCUT2D eigenvalue weighted by atomic mass is 79.9. The average Bonchev–Trinajstić information content (AvgIpc) is 1.79. The van der Waals surface area contributed by atoms with Crippen molar-refractivity contribution >= 4 is 15.9 Å². The van der Waals surface area contributed by atoms with Crippen LogP contribution in [-0.4, -0.2) is 36.5 Å². The molecule has 5 heteroatoms. The fraction of sp³-hybridized carbons (Fsp3) is 1.00. The first-order valence-electron chi connectivity index (χ1n) is 3.27. The Labute approximate surface area is 72.7 Å². The summed E-state index contributed by atoms with van der Waals surface area (Å²) in [5, 5.41) is 0.745. The molecular weight excluding hydrogens is 223 g/mol. The van der Waals surface area contributed by atoms with Crippen molar-refractivity contribution in [2.75, 3.05) is 25.5 Å². The molecule has 0 aliphatic carbocycles. The van der Waals surface area contributed by atoms with Gasteiger partial charge in [0.1, 0.15) is 0 Å². The Morgan fingerprint density at radius 3 is 2.27 bits per heavy atom. The molecule has 0 aliphatic rings. The fourth-order valence-electron chi connectivity index (χ4n) is 0.715. The summed E-state index contributed by atoms with van der Waals surface area (Å²) in [6, 6.07) is 0. The lowest BCUT2D eigenvalue weighted by Crippen LogP contribution is -2.31. The molecule has 0 N–H and O–H groups in total. The molecule has 0 aromatic heterocycles. The molecule has 68 valence electrons. The van der Waals surface area contributed by atoms with Crippen LogP contribution in [0.3, 0.4) is 0 Å². The molecule has 0 radical (unpaired) electrons. The molecule has 0 saturated carbocycles. The zero-order valence-corrected chi connectivity index (χ0v) is 7.87. The van der Waals surface area contributed by atoms with E-state index in [-0.39, 0.29) is 0 Å². The molecule has 0 rings (SSSR count). The lowest BCUT2D eigenvalue weighted by Gasteiger charge is -2.17. The third-order valence-corrected chi connectivity index (χ3v) is 1.68. The van der Waals surface area contributed by atoms with E-state index >= 15 is 0 Å². The van der Waals surface area contributed by atoms with E-state index in [0.717, 1.165) is 11.8 Å². The molecule has 0 aliphatic heterocycles. The maximum absolute atomic E-state index is 11.7. The minimum absolute atomic E-state index is 0.477. The highest BCUT2D eigenvalue weighted by Crippen LogP contribution is 2.15. The minimum Gasteiger partial charge on any atom is -0.298 e. The van der Waals surface area contributed by atoms with E-state index in [4.69, 9.17) is 0 Å². The molecule has 0 spiro atoms. The molecule has 0 saturated heterocycles. The Morgan fingerprint density at radius 1 is 1.36 bits per heavy atom. The van der Waals surface area contributed by atoms with Gasteiger partial charge in [-0.3, -0.25) is 4.90 Å². The smallest absolute Gasteiger partial charge is 0.298 e. The van der Waals surface area contributed by atoms with Gasteiger partial charge in [-0.25, -0.2) is 0 Å². The van der Waals surface area contributed by atoms with Crippen molar-refractivity contribution in [2.45, 2.75) is 12.6 Å². The summed E-state index contributed by atoms with van der Waals surface area (Å²) in [5.74, 6) is 0. The number of nitrogens with zero attached hydrogens (tertiary/aromatic N) is 1. The van der Waals surface area contributed by atoms with Crippen LogP contribution in [0, 0.1) is 0 Å². The fourth-order valence-corrected chi connectivity index (χ4v) is 0.966. The Kier molecular flexibility index (Phi) is 5.08. The number of alkyl halides is 4. The molecule has 0 atom stereocenters. The molecule has 0 aromatic rings. The number of hydrogen-bond donors (Lipinski definition) is 0. The van der Waals surface area contributed by atoms with Crippen LogP contribution in [0.2, 0.25) is 0 Å². The Balaban J connectivity index is 3.44. The SMILES string of the molecule is CN(CCCBr)CC(F)(F)F. The van der Waals surface area contributed by atoms with E-state index in [9.17, 15) is 13.2 Å². The first kappa shape index (κ1) is 11.2. The largest absolute Gasteiger partial charge is 0.401 e. The quantitative estimate of drug-likeness (QED) is 0.674. The van der Waals surface area contributed by atoms with Crippen molar-refractivity contribution in [1.29, 1.82) is 0 Å². The van der Waals surface area contributed by atoms with E-state index in [0.29, 0.717) is 6.54 Å². The number of hydrogen-bond acceptors (Lipinski definition) is 1. The predicted molar refractivity (Wildman–Crippen MR) is 42.0 cm³/mol. The first-order chi connectivity index (χ1) is 4.95. The molecular formula is C6H11BrF3N. The van der Waals surface area contributed by atoms with E-state index in [2.05, 4.69) is 15.9 Å². The third kappa shape index (κ3) is 8.13. The van der Waals surface area contributed by atoms with E-state index < -0.39 is 12.7 Å². The van der Waals surface area contributed by atoms with Gasteiger partial charge in [-0.2, -0.15) is 13.2 Å². The van der Waals surface area contributed by atoms with Crippen molar-refractivity contribution in [3.05, 3.63) is 0 Å². The van der Waals surface area contributed by atoms with Gasteiger partial charge < -0.3 is 0 Å². The maximum Gasteiger partial charge on any atom is 0.401 e. The lowest BCUT2D eigenvalue weighted by atomic mass is 10.4. The normalized spacial score (nSPS) is 12.5. The zero-order chi connectivity index (χ0) is 8.91. The highest BCUT2D eigenvalue weighted by Gasteiger charge is 2.28. The summed E-state index contributed by atoms with van der Waals surface area (Å²) in [6.07, 6.45) is -3.33. The maximum atomic E-state index is 11.7. The number of halogens is 4. The Bertz CT molecular complexity index is 104. The summed E-state index contributed by atoms with van der Waals surface area (Å²) in [4.78, 5) is 1.27.